The molecule has 0 radical (unpaired) electrons. The summed E-state index contributed by atoms with van der Waals surface area (Å²) in [5.41, 5.74) is 2.27. The van der Waals surface area contributed by atoms with Crippen LogP contribution in [0.2, 0.25) is 0 Å². The molecule has 0 atom stereocenters. The number of unbranched alkanes of at least 4 members (excludes halogenated alkanes) is 3. The Bertz CT molecular complexity index is 637. The van der Waals surface area contributed by atoms with Crippen molar-refractivity contribution >= 4 is 29.9 Å². The summed E-state index contributed by atoms with van der Waals surface area (Å²) in [6.07, 6.45) is 6.71. The van der Waals surface area contributed by atoms with Crippen LogP contribution in [0.3, 0.4) is 0 Å². The molecule has 0 saturated carbocycles. The van der Waals surface area contributed by atoms with Crippen LogP contribution in [0.25, 0.3) is 11.3 Å². The lowest BCUT2D eigenvalue weighted by molar-refractivity contribution is 0.497. The Hall–Kier alpha value is -1.57. The molecule has 0 saturated heterocycles. The molecule has 138 valence electrons. The fraction of sp³-hybridized carbons (Fsp3) is 0.474. The van der Waals surface area contributed by atoms with Gasteiger partial charge in [0.2, 0.25) is 5.89 Å². The van der Waals surface area contributed by atoms with Gasteiger partial charge in [0, 0.05) is 19.2 Å². The van der Waals surface area contributed by atoms with Crippen molar-refractivity contribution in [1.29, 1.82) is 0 Å². The summed E-state index contributed by atoms with van der Waals surface area (Å²) < 4.78 is 5.81. The van der Waals surface area contributed by atoms with Crippen LogP contribution in [0.1, 0.15) is 44.1 Å². The Balaban J connectivity index is 0.00000312. The Morgan fingerprint density at radius 2 is 1.88 bits per heavy atom. The van der Waals surface area contributed by atoms with Gasteiger partial charge >= 0.3 is 0 Å². The molecule has 0 unspecified atom stereocenters. The van der Waals surface area contributed by atoms with E-state index in [1.807, 2.05) is 12.1 Å². The normalized spacial score (nSPS) is 11.1. The number of rotatable bonds is 8. The maximum absolute atomic E-state index is 5.81. The summed E-state index contributed by atoms with van der Waals surface area (Å²) in [4.78, 5) is 8.55. The summed E-state index contributed by atoms with van der Waals surface area (Å²) in [6, 6.07) is 8.23. The summed E-state index contributed by atoms with van der Waals surface area (Å²) in [7, 11) is 1.77. The van der Waals surface area contributed by atoms with E-state index in [0.29, 0.717) is 12.4 Å². The van der Waals surface area contributed by atoms with E-state index in [-0.39, 0.29) is 24.0 Å². The minimum atomic E-state index is 0. The predicted molar refractivity (Wildman–Crippen MR) is 114 cm³/mol. The molecular weight excluding hydrogens is 427 g/mol. The van der Waals surface area contributed by atoms with E-state index >= 15 is 0 Å². The van der Waals surface area contributed by atoms with Gasteiger partial charge in [0.15, 0.2) is 11.7 Å². The first-order chi connectivity index (χ1) is 11.7. The summed E-state index contributed by atoms with van der Waals surface area (Å²) >= 11 is 0. The van der Waals surface area contributed by atoms with Crippen molar-refractivity contribution in [2.24, 2.45) is 4.99 Å². The van der Waals surface area contributed by atoms with Gasteiger partial charge in [-0.25, -0.2) is 4.98 Å². The van der Waals surface area contributed by atoms with Gasteiger partial charge in [-0.15, -0.1) is 24.0 Å². The lowest BCUT2D eigenvalue weighted by Crippen LogP contribution is -2.37. The molecule has 1 aromatic heterocycles. The van der Waals surface area contributed by atoms with Crippen LogP contribution >= 0.6 is 24.0 Å². The standard InChI is InChI=1S/C19H28N4O.HI/c1-4-5-6-7-12-21-19(20-3)23-14-18-22-13-17(24-18)16-10-8-15(2)9-11-16;/h8-11,13H,4-7,12,14H2,1-3H3,(H2,20,21,23);1H. The molecule has 1 aromatic carbocycles. The van der Waals surface area contributed by atoms with E-state index in [4.69, 9.17) is 4.42 Å². The van der Waals surface area contributed by atoms with Crippen LogP contribution in [0.15, 0.2) is 39.9 Å². The van der Waals surface area contributed by atoms with Crippen molar-refractivity contribution in [3.63, 3.8) is 0 Å². The third kappa shape index (κ3) is 7.46. The number of benzene rings is 1. The van der Waals surface area contributed by atoms with E-state index < -0.39 is 0 Å². The second-order valence-corrected chi connectivity index (χ2v) is 5.90. The van der Waals surface area contributed by atoms with Gasteiger partial charge in [-0.05, 0) is 13.3 Å². The number of aliphatic imine (C=N–C) groups is 1. The highest BCUT2D eigenvalue weighted by Gasteiger charge is 2.07. The number of hydrogen-bond acceptors (Lipinski definition) is 3. The number of halogens is 1. The third-order valence-electron chi connectivity index (χ3n) is 3.84. The Morgan fingerprint density at radius 1 is 1.12 bits per heavy atom. The molecular formula is C19H29IN4O. The molecule has 0 fully saturated rings. The minimum absolute atomic E-state index is 0. The molecule has 25 heavy (non-hydrogen) atoms. The number of aromatic nitrogens is 1. The maximum atomic E-state index is 5.81. The van der Waals surface area contributed by atoms with E-state index in [1.54, 1.807) is 13.2 Å². The van der Waals surface area contributed by atoms with E-state index in [1.165, 1.54) is 24.8 Å². The predicted octanol–water partition coefficient (Wildman–Crippen LogP) is 4.51. The Labute approximate surface area is 167 Å². The zero-order valence-corrected chi connectivity index (χ0v) is 17.7. The van der Waals surface area contributed by atoms with Crippen molar-refractivity contribution in [3.05, 3.63) is 41.9 Å². The highest BCUT2D eigenvalue weighted by atomic mass is 127. The molecule has 0 aliphatic heterocycles. The zero-order valence-electron chi connectivity index (χ0n) is 15.3. The van der Waals surface area contributed by atoms with Crippen molar-refractivity contribution in [2.75, 3.05) is 13.6 Å². The Morgan fingerprint density at radius 3 is 2.56 bits per heavy atom. The lowest BCUT2D eigenvalue weighted by atomic mass is 10.1. The second-order valence-electron chi connectivity index (χ2n) is 5.90. The van der Waals surface area contributed by atoms with Gasteiger partial charge in [-0.2, -0.15) is 0 Å². The van der Waals surface area contributed by atoms with Crippen LogP contribution in [-0.4, -0.2) is 24.5 Å². The van der Waals surface area contributed by atoms with Crippen LogP contribution in [0, 0.1) is 6.92 Å². The third-order valence-corrected chi connectivity index (χ3v) is 3.84. The summed E-state index contributed by atoms with van der Waals surface area (Å²) in [6.45, 7) is 5.73. The zero-order chi connectivity index (χ0) is 17.2. The van der Waals surface area contributed by atoms with Gasteiger partial charge in [0.1, 0.15) is 0 Å². The van der Waals surface area contributed by atoms with E-state index in [2.05, 4.69) is 46.6 Å². The fourth-order valence-electron chi connectivity index (χ4n) is 2.38. The quantitative estimate of drug-likeness (QED) is 0.266. The topological polar surface area (TPSA) is 62.5 Å². The minimum Gasteiger partial charge on any atom is -0.439 e. The molecule has 0 bridgehead atoms. The molecule has 2 N–H and O–H groups in total. The van der Waals surface area contributed by atoms with E-state index in [9.17, 15) is 0 Å². The SMILES string of the molecule is CCCCCCNC(=NC)NCc1ncc(-c2ccc(C)cc2)o1.I. The largest absolute Gasteiger partial charge is 0.439 e. The molecule has 5 nitrogen and oxygen atoms in total. The summed E-state index contributed by atoms with van der Waals surface area (Å²) in [5.74, 6) is 2.22. The van der Waals surface area contributed by atoms with Crippen LogP contribution in [0.4, 0.5) is 0 Å². The lowest BCUT2D eigenvalue weighted by Gasteiger charge is -2.10. The second kappa shape index (κ2) is 11.9. The number of aryl methyl sites for hydroxylation is 1. The van der Waals surface area contributed by atoms with Crippen molar-refractivity contribution < 1.29 is 4.42 Å². The number of guanidine groups is 1. The van der Waals surface area contributed by atoms with E-state index in [0.717, 1.165) is 30.2 Å². The van der Waals surface area contributed by atoms with Crippen molar-refractivity contribution in [1.82, 2.24) is 15.6 Å². The monoisotopic (exact) mass is 456 g/mol. The van der Waals surface area contributed by atoms with Gasteiger partial charge < -0.3 is 15.1 Å². The summed E-state index contributed by atoms with van der Waals surface area (Å²) in [5, 5.41) is 6.55. The average molecular weight is 456 g/mol. The number of oxazole rings is 1. The maximum Gasteiger partial charge on any atom is 0.214 e. The molecule has 6 heteroatoms. The van der Waals surface area contributed by atoms with Gasteiger partial charge in [-0.1, -0.05) is 56.0 Å². The number of hydrogen-bond donors (Lipinski definition) is 2. The average Bonchev–Trinajstić information content (AvgIpc) is 3.07. The fourth-order valence-corrected chi connectivity index (χ4v) is 2.38. The van der Waals surface area contributed by atoms with Crippen molar-refractivity contribution in [3.8, 4) is 11.3 Å². The first-order valence-electron chi connectivity index (χ1n) is 8.69. The smallest absolute Gasteiger partial charge is 0.214 e. The first kappa shape index (κ1) is 21.5. The molecule has 0 aliphatic carbocycles. The van der Waals surface area contributed by atoms with Crippen LogP contribution in [-0.2, 0) is 6.54 Å². The highest BCUT2D eigenvalue weighted by molar-refractivity contribution is 14.0. The van der Waals surface area contributed by atoms with Gasteiger partial charge in [-0.3, -0.25) is 4.99 Å². The van der Waals surface area contributed by atoms with Crippen LogP contribution in [0.5, 0.6) is 0 Å². The molecule has 2 aromatic rings. The Kier molecular flexibility index (Phi) is 10.2. The van der Waals surface area contributed by atoms with Crippen LogP contribution < -0.4 is 10.6 Å². The molecule has 2 rings (SSSR count). The molecule has 0 aliphatic rings. The number of nitrogens with one attached hydrogen (secondary N) is 2. The number of nitrogens with zero attached hydrogens (tertiary/aromatic N) is 2. The highest BCUT2D eigenvalue weighted by Crippen LogP contribution is 2.20. The molecule has 0 spiro atoms. The van der Waals surface area contributed by atoms with Gasteiger partial charge in [0.25, 0.3) is 0 Å². The molecule has 0 amide bonds. The van der Waals surface area contributed by atoms with Crippen molar-refractivity contribution in [2.45, 2.75) is 46.1 Å². The first-order valence-corrected chi connectivity index (χ1v) is 8.69. The van der Waals surface area contributed by atoms with Gasteiger partial charge in [0.05, 0.1) is 12.7 Å². The molecule has 1 heterocycles.